The number of methoxy groups -OCH3 is 1. The number of hydrogen-bond donors (Lipinski definition) is 1. The standard InChI is InChI=1S/C21H31N3O3/c1-3-4-10-24-19(25)12-18(21(26)23-11-9-15(13-22)14-23)20(24)16-5-7-17(27-2)8-6-16/h5-8,15,18,20H,3-4,9-14,22H2,1-2H3. The van der Waals surface area contributed by atoms with E-state index in [1.54, 1.807) is 7.11 Å². The Labute approximate surface area is 161 Å². The van der Waals surface area contributed by atoms with Crippen LogP contribution in [0.4, 0.5) is 0 Å². The summed E-state index contributed by atoms with van der Waals surface area (Å²) in [7, 11) is 1.63. The summed E-state index contributed by atoms with van der Waals surface area (Å²) in [4.78, 5) is 29.8. The number of benzene rings is 1. The average molecular weight is 373 g/mol. The molecule has 0 radical (unpaired) electrons. The molecule has 3 rings (SSSR count). The highest BCUT2D eigenvalue weighted by Crippen LogP contribution is 2.40. The highest BCUT2D eigenvalue weighted by atomic mass is 16.5. The number of nitrogens with two attached hydrogens (primary N) is 1. The molecule has 0 aromatic heterocycles. The van der Waals surface area contributed by atoms with E-state index in [1.807, 2.05) is 34.1 Å². The van der Waals surface area contributed by atoms with Crippen molar-refractivity contribution in [1.82, 2.24) is 9.80 Å². The van der Waals surface area contributed by atoms with Gasteiger partial charge in [0.25, 0.3) is 0 Å². The van der Waals surface area contributed by atoms with Crippen LogP contribution in [0.25, 0.3) is 0 Å². The van der Waals surface area contributed by atoms with Crippen LogP contribution in [-0.4, -0.2) is 54.9 Å². The van der Waals surface area contributed by atoms with Gasteiger partial charge in [-0.1, -0.05) is 25.5 Å². The Morgan fingerprint density at radius 3 is 2.63 bits per heavy atom. The van der Waals surface area contributed by atoms with Gasteiger partial charge in [0, 0.05) is 26.1 Å². The molecule has 2 saturated heterocycles. The third kappa shape index (κ3) is 4.10. The molecule has 3 unspecified atom stereocenters. The SMILES string of the molecule is CCCCN1C(=O)CC(C(=O)N2CCC(CN)C2)C1c1ccc(OC)cc1. The summed E-state index contributed by atoms with van der Waals surface area (Å²) in [5.41, 5.74) is 6.79. The molecule has 0 bridgehead atoms. The van der Waals surface area contributed by atoms with E-state index in [0.29, 0.717) is 32.0 Å². The van der Waals surface area contributed by atoms with Crippen LogP contribution in [0.5, 0.6) is 5.75 Å². The number of ether oxygens (including phenoxy) is 1. The predicted octanol–water partition coefficient (Wildman–Crippen LogP) is 2.19. The van der Waals surface area contributed by atoms with Crippen LogP contribution in [0.3, 0.4) is 0 Å². The molecule has 2 amide bonds. The quantitative estimate of drug-likeness (QED) is 0.795. The van der Waals surface area contributed by atoms with Crippen molar-refractivity contribution in [3.63, 3.8) is 0 Å². The molecule has 1 aromatic carbocycles. The normalized spacial score (nSPS) is 25.3. The van der Waals surface area contributed by atoms with Crippen molar-refractivity contribution in [2.24, 2.45) is 17.6 Å². The van der Waals surface area contributed by atoms with Crippen LogP contribution in [0, 0.1) is 11.8 Å². The van der Waals surface area contributed by atoms with Gasteiger partial charge < -0.3 is 20.3 Å². The fourth-order valence-electron chi connectivity index (χ4n) is 4.28. The summed E-state index contributed by atoms with van der Waals surface area (Å²) >= 11 is 0. The minimum Gasteiger partial charge on any atom is -0.497 e. The van der Waals surface area contributed by atoms with Crippen molar-refractivity contribution >= 4 is 11.8 Å². The summed E-state index contributed by atoms with van der Waals surface area (Å²) in [6.45, 7) is 4.88. The Bertz CT molecular complexity index is 661. The lowest BCUT2D eigenvalue weighted by Crippen LogP contribution is -2.38. The van der Waals surface area contributed by atoms with Crippen molar-refractivity contribution in [3.05, 3.63) is 29.8 Å². The molecule has 148 valence electrons. The number of amides is 2. The molecule has 2 fully saturated rings. The second kappa shape index (κ2) is 8.74. The number of unbranched alkanes of at least 4 members (excludes halogenated alkanes) is 1. The molecule has 2 N–H and O–H groups in total. The average Bonchev–Trinajstić information content (AvgIpc) is 3.30. The van der Waals surface area contributed by atoms with Crippen LogP contribution in [0.2, 0.25) is 0 Å². The van der Waals surface area contributed by atoms with Gasteiger partial charge in [-0.3, -0.25) is 9.59 Å². The molecule has 6 heteroatoms. The molecule has 0 aliphatic carbocycles. The van der Waals surface area contributed by atoms with E-state index < -0.39 is 0 Å². The molecule has 0 spiro atoms. The van der Waals surface area contributed by atoms with Crippen LogP contribution < -0.4 is 10.5 Å². The van der Waals surface area contributed by atoms with Crippen molar-refractivity contribution in [2.45, 2.75) is 38.6 Å². The topological polar surface area (TPSA) is 75.9 Å². The highest BCUT2D eigenvalue weighted by Gasteiger charge is 2.46. The fraction of sp³-hybridized carbons (Fsp3) is 0.619. The molecular weight excluding hydrogens is 342 g/mol. The van der Waals surface area contributed by atoms with Crippen LogP contribution in [0.1, 0.15) is 44.2 Å². The van der Waals surface area contributed by atoms with Gasteiger partial charge in [-0.15, -0.1) is 0 Å². The predicted molar refractivity (Wildman–Crippen MR) is 104 cm³/mol. The van der Waals surface area contributed by atoms with Crippen molar-refractivity contribution in [1.29, 1.82) is 0 Å². The van der Waals surface area contributed by atoms with Crippen molar-refractivity contribution < 1.29 is 14.3 Å². The van der Waals surface area contributed by atoms with Crippen LogP contribution in [0.15, 0.2) is 24.3 Å². The van der Waals surface area contributed by atoms with Gasteiger partial charge in [-0.2, -0.15) is 0 Å². The smallest absolute Gasteiger partial charge is 0.228 e. The summed E-state index contributed by atoms with van der Waals surface area (Å²) in [6.07, 6.45) is 3.21. The number of nitrogens with zero attached hydrogens (tertiary/aromatic N) is 2. The highest BCUT2D eigenvalue weighted by molar-refractivity contribution is 5.90. The zero-order valence-corrected chi connectivity index (χ0v) is 16.4. The molecule has 6 nitrogen and oxygen atoms in total. The maximum atomic E-state index is 13.3. The lowest BCUT2D eigenvalue weighted by Gasteiger charge is -2.30. The molecule has 0 saturated carbocycles. The first-order valence-electron chi connectivity index (χ1n) is 10.0. The summed E-state index contributed by atoms with van der Waals surface area (Å²) in [5, 5.41) is 0. The van der Waals surface area contributed by atoms with Crippen molar-refractivity contribution in [3.8, 4) is 5.75 Å². The lowest BCUT2D eigenvalue weighted by atomic mass is 9.92. The second-order valence-electron chi connectivity index (χ2n) is 7.64. The zero-order valence-electron chi connectivity index (χ0n) is 16.4. The van der Waals surface area contributed by atoms with Crippen LogP contribution >= 0.6 is 0 Å². The number of hydrogen-bond acceptors (Lipinski definition) is 4. The third-order valence-corrected chi connectivity index (χ3v) is 5.89. The Morgan fingerprint density at radius 2 is 2.04 bits per heavy atom. The van der Waals surface area contributed by atoms with E-state index in [2.05, 4.69) is 6.92 Å². The first-order valence-corrected chi connectivity index (χ1v) is 10.0. The van der Waals surface area contributed by atoms with E-state index in [1.165, 1.54) is 0 Å². The van der Waals surface area contributed by atoms with Gasteiger partial charge in [0.15, 0.2) is 0 Å². The number of likely N-dealkylation sites (tertiary alicyclic amines) is 2. The molecule has 2 aliphatic rings. The van der Waals surface area contributed by atoms with Gasteiger partial charge in [0.1, 0.15) is 5.75 Å². The second-order valence-corrected chi connectivity index (χ2v) is 7.64. The van der Waals surface area contributed by atoms with E-state index in [-0.39, 0.29) is 23.8 Å². The van der Waals surface area contributed by atoms with E-state index in [4.69, 9.17) is 10.5 Å². The molecule has 3 atom stereocenters. The molecular formula is C21H31N3O3. The number of rotatable bonds is 7. The van der Waals surface area contributed by atoms with E-state index in [9.17, 15) is 9.59 Å². The minimum atomic E-state index is -0.320. The zero-order chi connectivity index (χ0) is 19.4. The Balaban J connectivity index is 1.85. The monoisotopic (exact) mass is 373 g/mol. The fourth-order valence-corrected chi connectivity index (χ4v) is 4.28. The lowest BCUT2D eigenvalue weighted by molar-refractivity contribution is -0.135. The Morgan fingerprint density at radius 1 is 1.30 bits per heavy atom. The third-order valence-electron chi connectivity index (χ3n) is 5.89. The maximum Gasteiger partial charge on any atom is 0.228 e. The maximum absolute atomic E-state index is 13.3. The Hall–Kier alpha value is -2.08. The number of carbonyl (C=O) groups is 2. The first kappa shape index (κ1) is 19.7. The van der Waals surface area contributed by atoms with Gasteiger partial charge in [-0.05, 0) is 43.0 Å². The molecule has 27 heavy (non-hydrogen) atoms. The van der Waals surface area contributed by atoms with Gasteiger partial charge >= 0.3 is 0 Å². The number of carbonyl (C=O) groups excluding carboxylic acids is 2. The van der Waals surface area contributed by atoms with Gasteiger partial charge in [0.05, 0.1) is 19.1 Å². The van der Waals surface area contributed by atoms with Crippen LogP contribution in [-0.2, 0) is 9.59 Å². The van der Waals surface area contributed by atoms with E-state index in [0.717, 1.165) is 37.1 Å². The van der Waals surface area contributed by atoms with Crippen molar-refractivity contribution in [2.75, 3.05) is 33.3 Å². The first-order chi connectivity index (χ1) is 13.1. The molecule has 2 aliphatic heterocycles. The summed E-state index contributed by atoms with van der Waals surface area (Å²) < 4.78 is 5.26. The van der Waals surface area contributed by atoms with E-state index >= 15 is 0 Å². The van der Waals surface area contributed by atoms with Gasteiger partial charge in [-0.25, -0.2) is 0 Å². The summed E-state index contributed by atoms with van der Waals surface area (Å²) in [6, 6.07) is 7.57. The minimum absolute atomic E-state index is 0.0807. The van der Waals surface area contributed by atoms with Gasteiger partial charge in [0.2, 0.25) is 11.8 Å². The largest absolute Gasteiger partial charge is 0.497 e. The molecule has 2 heterocycles. The Kier molecular flexibility index (Phi) is 6.37. The molecule has 1 aromatic rings. The summed E-state index contributed by atoms with van der Waals surface area (Å²) in [5.74, 6) is 1.01.